The van der Waals surface area contributed by atoms with Crippen LogP contribution in [0.15, 0.2) is 24.3 Å². The molecule has 29 heavy (non-hydrogen) atoms. The molecule has 0 unspecified atom stereocenters. The molecule has 0 bridgehead atoms. The standard InChI is InChI=1S/C23H34N2O4/c1-2-29-22(27)23-8-6-20(25-10-12-28-13-11-25)15-19(23)7-9-24(17-23)16-18-4-3-5-21(26)14-18/h3-5,14,19-20,26H,2,6-13,15-17H2,1H3/t19-,20-,23-/m1/s1. The van der Waals surface area contributed by atoms with Crippen molar-refractivity contribution >= 4 is 5.97 Å². The van der Waals surface area contributed by atoms with E-state index in [1.54, 1.807) is 6.07 Å². The summed E-state index contributed by atoms with van der Waals surface area (Å²) in [6, 6.07) is 8.00. The van der Waals surface area contributed by atoms with Crippen LogP contribution in [0.3, 0.4) is 0 Å². The maximum absolute atomic E-state index is 13.2. The van der Waals surface area contributed by atoms with Gasteiger partial charge in [-0.05, 0) is 62.8 Å². The minimum absolute atomic E-state index is 0.00830. The number of piperidine rings is 1. The first-order chi connectivity index (χ1) is 14.1. The molecule has 1 aliphatic carbocycles. The van der Waals surface area contributed by atoms with Gasteiger partial charge in [0, 0.05) is 32.2 Å². The summed E-state index contributed by atoms with van der Waals surface area (Å²) in [4.78, 5) is 18.1. The number of morpholine rings is 1. The Balaban J connectivity index is 1.48. The maximum Gasteiger partial charge on any atom is 0.313 e. The number of rotatable bonds is 5. The molecule has 2 aliphatic heterocycles. The lowest BCUT2D eigenvalue weighted by Crippen LogP contribution is -2.58. The third-order valence-electron chi connectivity index (χ3n) is 7.12. The minimum atomic E-state index is -0.395. The van der Waals surface area contributed by atoms with Gasteiger partial charge >= 0.3 is 5.97 Å². The van der Waals surface area contributed by atoms with Gasteiger partial charge < -0.3 is 14.6 Å². The van der Waals surface area contributed by atoms with E-state index in [1.807, 2.05) is 25.1 Å². The number of ether oxygens (including phenoxy) is 2. The highest BCUT2D eigenvalue weighted by Gasteiger charge is 2.53. The Morgan fingerprint density at radius 2 is 2.10 bits per heavy atom. The van der Waals surface area contributed by atoms with Gasteiger partial charge in [0.2, 0.25) is 0 Å². The van der Waals surface area contributed by atoms with Crippen molar-refractivity contribution in [1.82, 2.24) is 9.80 Å². The molecule has 0 amide bonds. The molecule has 1 N–H and O–H groups in total. The van der Waals surface area contributed by atoms with E-state index < -0.39 is 5.41 Å². The zero-order valence-corrected chi connectivity index (χ0v) is 17.5. The Kier molecular flexibility index (Phi) is 6.42. The van der Waals surface area contributed by atoms with E-state index in [0.29, 0.717) is 24.3 Å². The smallest absolute Gasteiger partial charge is 0.313 e. The molecule has 0 spiro atoms. The Hall–Kier alpha value is -1.63. The molecule has 6 nitrogen and oxygen atoms in total. The van der Waals surface area contributed by atoms with Crippen molar-refractivity contribution < 1.29 is 19.4 Å². The summed E-state index contributed by atoms with van der Waals surface area (Å²) in [7, 11) is 0. The van der Waals surface area contributed by atoms with Gasteiger partial charge in [-0.15, -0.1) is 0 Å². The highest BCUT2D eigenvalue weighted by molar-refractivity contribution is 5.78. The number of carbonyl (C=O) groups excluding carboxylic acids is 1. The molecular weight excluding hydrogens is 368 g/mol. The molecule has 0 aromatic heterocycles. The molecule has 4 rings (SSSR count). The van der Waals surface area contributed by atoms with Crippen molar-refractivity contribution in [3.05, 3.63) is 29.8 Å². The number of aromatic hydroxyl groups is 1. The van der Waals surface area contributed by atoms with E-state index in [-0.39, 0.29) is 5.97 Å². The predicted molar refractivity (Wildman–Crippen MR) is 111 cm³/mol. The fraction of sp³-hybridized carbons (Fsp3) is 0.696. The molecule has 1 aromatic carbocycles. The molecular formula is C23H34N2O4. The van der Waals surface area contributed by atoms with Crippen molar-refractivity contribution in [3.8, 4) is 5.75 Å². The summed E-state index contributed by atoms with van der Waals surface area (Å²) in [6.45, 7) is 8.49. The van der Waals surface area contributed by atoms with Crippen LogP contribution in [0, 0.1) is 11.3 Å². The second-order valence-electron chi connectivity index (χ2n) is 8.82. The average Bonchev–Trinajstić information content (AvgIpc) is 2.74. The second kappa shape index (κ2) is 9.02. The molecule has 3 aliphatic rings. The Labute approximate surface area is 173 Å². The number of carbonyl (C=O) groups is 1. The summed E-state index contributed by atoms with van der Waals surface area (Å²) in [5, 5.41) is 9.79. The number of fused-ring (bicyclic) bond motifs is 1. The lowest BCUT2D eigenvalue weighted by atomic mass is 9.61. The number of phenolic OH excluding ortho intramolecular Hbond substituents is 1. The van der Waals surface area contributed by atoms with Crippen LogP contribution in [-0.2, 0) is 20.8 Å². The molecule has 2 heterocycles. The van der Waals surface area contributed by atoms with Crippen LogP contribution in [-0.4, -0.2) is 72.9 Å². The first kappa shape index (κ1) is 20.6. The van der Waals surface area contributed by atoms with Gasteiger partial charge in [0.05, 0.1) is 25.2 Å². The Morgan fingerprint density at radius 1 is 1.28 bits per heavy atom. The first-order valence-corrected chi connectivity index (χ1v) is 11.1. The van der Waals surface area contributed by atoms with Gasteiger partial charge in [0.15, 0.2) is 0 Å². The van der Waals surface area contributed by atoms with Crippen LogP contribution in [0.1, 0.15) is 38.2 Å². The van der Waals surface area contributed by atoms with Gasteiger partial charge in [-0.3, -0.25) is 14.6 Å². The molecule has 0 radical (unpaired) electrons. The summed E-state index contributed by atoms with van der Waals surface area (Å²) in [6.07, 6.45) is 4.06. The van der Waals surface area contributed by atoms with E-state index in [2.05, 4.69) is 9.80 Å². The highest BCUT2D eigenvalue weighted by atomic mass is 16.5. The number of hydrogen-bond acceptors (Lipinski definition) is 6. The number of phenols is 1. The molecule has 2 saturated heterocycles. The van der Waals surface area contributed by atoms with Crippen LogP contribution < -0.4 is 0 Å². The molecule has 3 fully saturated rings. The van der Waals surface area contributed by atoms with Crippen molar-refractivity contribution in [1.29, 1.82) is 0 Å². The van der Waals surface area contributed by atoms with E-state index in [0.717, 1.165) is 77.2 Å². The Morgan fingerprint density at radius 3 is 2.86 bits per heavy atom. The summed E-state index contributed by atoms with van der Waals surface area (Å²) in [5.41, 5.74) is 0.692. The van der Waals surface area contributed by atoms with E-state index in [9.17, 15) is 9.90 Å². The zero-order chi connectivity index (χ0) is 20.3. The van der Waals surface area contributed by atoms with Gasteiger partial charge in [-0.2, -0.15) is 0 Å². The third-order valence-corrected chi connectivity index (χ3v) is 7.12. The van der Waals surface area contributed by atoms with Gasteiger partial charge in [0.1, 0.15) is 5.75 Å². The SMILES string of the molecule is CCOC(=O)[C@@]12CC[C@@H](N3CCOCC3)C[C@H]1CCN(Cc1cccc(O)c1)C2. The Bertz CT molecular complexity index is 706. The third kappa shape index (κ3) is 4.44. The summed E-state index contributed by atoms with van der Waals surface area (Å²) >= 11 is 0. The fourth-order valence-corrected chi connectivity index (χ4v) is 5.65. The normalized spacial score (nSPS) is 31.2. The largest absolute Gasteiger partial charge is 0.508 e. The number of hydrogen-bond donors (Lipinski definition) is 1. The van der Waals surface area contributed by atoms with Crippen LogP contribution in [0.4, 0.5) is 0 Å². The maximum atomic E-state index is 13.2. The zero-order valence-electron chi connectivity index (χ0n) is 17.5. The second-order valence-corrected chi connectivity index (χ2v) is 8.82. The van der Waals surface area contributed by atoms with E-state index in [4.69, 9.17) is 9.47 Å². The van der Waals surface area contributed by atoms with Crippen LogP contribution in [0.25, 0.3) is 0 Å². The van der Waals surface area contributed by atoms with Crippen LogP contribution in [0.5, 0.6) is 5.75 Å². The first-order valence-electron chi connectivity index (χ1n) is 11.1. The quantitative estimate of drug-likeness (QED) is 0.764. The fourth-order valence-electron chi connectivity index (χ4n) is 5.65. The van der Waals surface area contributed by atoms with E-state index >= 15 is 0 Å². The average molecular weight is 403 g/mol. The monoisotopic (exact) mass is 402 g/mol. The molecule has 160 valence electrons. The molecule has 1 saturated carbocycles. The van der Waals surface area contributed by atoms with Crippen molar-refractivity contribution in [2.24, 2.45) is 11.3 Å². The lowest BCUT2D eigenvalue weighted by molar-refractivity contribution is -0.170. The van der Waals surface area contributed by atoms with Crippen LogP contribution >= 0.6 is 0 Å². The number of esters is 1. The number of benzene rings is 1. The molecule has 6 heteroatoms. The summed E-state index contributed by atoms with van der Waals surface area (Å²) in [5.74, 6) is 0.665. The topological polar surface area (TPSA) is 62.2 Å². The van der Waals surface area contributed by atoms with Crippen molar-refractivity contribution in [2.75, 3.05) is 46.0 Å². The highest BCUT2D eigenvalue weighted by Crippen LogP contribution is 2.48. The van der Waals surface area contributed by atoms with Crippen molar-refractivity contribution in [2.45, 2.75) is 45.2 Å². The van der Waals surface area contributed by atoms with E-state index in [1.165, 1.54) is 0 Å². The summed E-state index contributed by atoms with van der Waals surface area (Å²) < 4.78 is 11.1. The molecule has 1 aromatic rings. The van der Waals surface area contributed by atoms with Gasteiger partial charge in [-0.1, -0.05) is 12.1 Å². The van der Waals surface area contributed by atoms with Crippen molar-refractivity contribution in [3.63, 3.8) is 0 Å². The number of nitrogens with zero attached hydrogens (tertiary/aromatic N) is 2. The lowest BCUT2D eigenvalue weighted by Gasteiger charge is -2.52. The predicted octanol–water partition coefficient (Wildman–Crippen LogP) is 2.65. The van der Waals surface area contributed by atoms with Crippen LogP contribution in [0.2, 0.25) is 0 Å². The minimum Gasteiger partial charge on any atom is -0.508 e. The van der Waals surface area contributed by atoms with Gasteiger partial charge in [0.25, 0.3) is 0 Å². The van der Waals surface area contributed by atoms with Gasteiger partial charge in [-0.25, -0.2) is 0 Å². The molecule has 3 atom stereocenters. The number of likely N-dealkylation sites (tertiary alicyclic amines) is 1.